The highest BCUT2D eigenvalue weighted by atomic mass is 19.4. The zero-order chi connectivity index (χ0) is 32.3. The first kappa shape index (κ1) is 32.1. The highest BCUT2D eigenvalue weighted by Gasteiger charge is 2.31. The molecule has 242 valence electrons. The summed E-state index contributed by atoms with van der Waals surface area (Å²) in [5.74, 6) is 0. The molecule has 1 aromatic carbocycles. The first-order chi connectivity index (χ1) is 21.5. The van der Waals surface area contributed by atoms with E-state index in [2.05, 4.69) is 5.10 Å². The monoisotopic (exact) mass is 629 g/mol. The third kappa shape index (κ3) is 6.71. The second kappa shape index (κ2) is 13.4. The van der Waals surface area contributed by atoms with Gasteiger partial charge in [0.2, 0.25) is 0 Å². The molecule has 13 heteroatoms. The molecule has 0 aliphatic heterocycles. The molecule has 1 atom stereocenters. The molecule has 0 saturated heterocycles. The van der Waals surface area contributed by atoms with E-state index in [1.165, 1.54) is 26.1 Å². The molecule has 0 radical (unpaired) electrons. The highest BCUT2D eigenvalue weighted by Crippen LogP contribution is 2.33. The van der Waals surface area contributed by atoms with Crippen LogP contribution in [0.4, 0.5) is 18.0 Å². The molecular weight excluding hydrogens is 591 g/mol. The standard InChI is InChI=1S/C32H38F3N5O5/c1-4-15-39-29(41)28-26(38(6-3)30(39)42)17-25(40(28)27(5-2)45-31(43)44-24-13-8-7-9-14-24)22-18-36-37(20-22)19-21-11-10-12-23(16-21)32(33,34)35/h10-12,16-18,20,24,27H,4-9,13-15,19H2,1-3H3. The van der Waals surface area contributed by atoms with E-state index in [0.717, 1.165) is 44.2 Å². The molecule has 1 aliphatic rings. The van der Waals surface area contributed by atoms with Crippen molar-refractivity contribution in [3.63, 3.8) is 0 Å². The van der Waals surface area contributed by atoms with Gasteiger partial charge in [0.25, 0.3) is 5.56 Å². The van der Waals surface area contributed by atoms with E-state index in [1.54, 1.807) is 29.8 Å². The molecule has 0 amide bonds. The second-order valence-corrected chi connectivity index (χ2v) is 11.4. The van der Waals surface area contributed by atoms with Crippen LogP contribution in [0.15, 0.2) is 52.3 Å². The second-order valence-electron chi connectivity index (χ2n) is 11.4. The Morgan fingerprint density at radius 2 is 1.82 bits per heavy atom. The van der Waals surface area contributed by atoms with Crippen molar-refractivity contribution in [3.05, 3.63) is 74.7 Å². The largest absolute Gasteiger partial charge is 0.510 e. The number of benzene rings is 1. The van der Waals surface area contributed by atoms with E-state index in [1.807, 2.05) is 13.8 Å². The fourth-order valence-electron chi connectivity index (χ4n) is 6.03. The van der Waals surface area contributed by atoms with Gasteiger partial charge in [-0.1, -0.05) is 32.4 Å². The summed E-state index contributed by atoms with van der Waals surface area (Å²) in [5.41, 5.74) is 0.270. The average molecular weight is 630 g/mol. The highest BCUT2D eigenvalue weighted by molar-refractivity contribution is 5.84. The maximum atomic E-state index is 13.9. The molecule has 1 fully saturated rings. The minimum Gasteiger partial charge on any atom is -0.431 e. The summed E-state index contributed by atoms with van der Waals surface area (Å²) in [4.78, 5) is 40.2. The summed E-state index contributed by atoms with van der Waals surface area (Å²) in [6.45, 7) is 6.06. The molecule has 0 spiro atoms. The Balaban J connectivity index is 1.60. The Labute approximate surface area is 258 Å². The van der Waals surface area contributed by atoms with Crippen LogP contribution in [0.3, 0.4) is 0 Å². The molecule has 4 aromatic rings. The lowest BCUT2D eigenvalue weighted by molar-refractivity contribution is -0.137. The van der Waals surface area contributed by atoms with E-state index in [-0.39, 0.29) is 31.1 Å². The summed E-state index contributed by atoms with van der Waals surface area (Å²) in [7, 11) is 0. The van der Waals surface area contributed by atoms with Crippen LogP contribution in [0, 0.1) is 0 Å². The van der Waals surface area contributed by atoms with Gasteiger partial charge >= 0.3 is 18.0 Å². The van der Waals surface area contributed by atoms with Gasteiger partial charge in [0.1, 0.15) is 11.6 Å². The van der Waals surface area contributed by atoms with E-state index in [4.69, 9.17) is 9.47 Å². The number of aromatic nitrogens is 5. The van der Waals surface area contributed by atoms with E-state index >= 15 is 0 Å². The SMILES string of the molecule is CCCn1c(=O)c2c(cc(-c3cnn(Cc4cccc(C(F)(F)F)c4)c3)n2C(CC)OC(=O)OC2CCCCC2)n(CC)c1=O. The van der Waals surface area contributed by atoms with E-state index in [9.17, 15) is 27.6 Å². The molecule has 3 heterocycles. The van der Waals surface area contributed by atoms with Gasteiger partial charge in [0.15, 0.2) is 6.23 Å². The number of fused-ring (bicyclic) bond motifs is 1. The first-order valence-corrected chi connectivity index (χ1v) is 15.5. The van der Waals surface area contributed by atoms with E-state index in [0.29, 0.717) is 35.3 Å². The molecule has 1 saturated carbocycles. The Morgan fingerprint density at radius 1 is 1.07 bits per heavy atom. The zero-order valence-electron chi connectivity index (χ0n) is 25.7. The van der Waals surface area contributed by atoms with Crippen molar-refractivity contribution in [2.75, 3.05) is 0 Å². The number of ether oxygens (including phenoxy) is 2. The summed E-state index contributed by atoms with van der Waals surface area (Å²) in [5, 5.41) is 4.38. The quantitative estimate of drug-likeness (QED) is 0.181. The number of carbonyl (C=O) groups is 1. The van der Waals surface area contributed by atoms with Gasteiger partial charge in [-0.25, -0.2) is 9.59 Å². The number of rotatable bonds is 10. The molecule has 1 unspecified atom stereocenters. The number of halogens is 3. The molecule has 10 nitrogen and oxygen atoms in total. The molecular formula is C32H38F3N5O5. The lowest BCUT2D eigenvalue weighted by Crippen LogP contribution is -2.40. The predicted molar refractivity (Wildman–Crippen MR) is 162 cm³/mol. The maximum absolute atomic E-state index is 13.9. The summed E-state index contributed by atoms with van der Waals surface area (Å²) in [6.07, 6.45) is 2.09. The van der Waals surface area contributed by atoms with Crippen molar-refractivity contribution in [1.29, 1.82) is 0 Å². The number of hydrogen-bond donors (Lipinski definition) is 0. The van der Waals surface area contributed by atoms with Crippen molar-refractivity contribution < 1.29 is 27.4 Å². The minimum atomic E-state index is -4.47. The molecule has 3 aromatic heterocycles. The average Bonchev–Trinajstić information content (AvgIpc) is 3.63. The van der Waals surface area contributed by atoms with Crippen molar-refractivity contribution in [1.82, 2.24) is 23.5 Å². The summed E-state index contributed by atoms with van der Waals surface area (Å²) in [6, 6.07) is 6.72. The predicted octanol–water partition coefficient (Wildman–Crippen LogP) is 6.72. The minimum absolute atomic E-state index is 0.0640. The van der Waals surface area contributed by atoms with Crippen LogP contribution in [-0.2, 0) is 35.3 Å². The number of alkyl halides is 3. The lowest BCUT2D eigenvalue weighted by atomic mass is 9.98. The Morgan fingerprint density at radius 3 is 2.49 bits per heavy atom. The van der Waals surface area contributed by atoms with Gasteiger partial charge in [0, 0.05) is 31.3 Å². The van der Waals surface area contributed by atoms with Gasteiger partial charge in [0.05, 0.1) is 29.5 Å². The summed E-state index contributed by atoms with van der Waals surface area (Å²) < 4.78 is 57.2. The molecule has 0 N–H and O–H groups in total. The van der Waals surface area contributed by atoms with Gasteiger partial charge in [-0.15, -0.1) is 0 Å². The number of hydrogen-bond acceptors (Lipinski definition) is 6. The van der Waals surface area contributed by atoms with Crippen LogP contribution in [0.1, 0.15) is 83.1 Å². The number of nitrogens with zero attached hydrogens (tertiary/aromatic N) is 5. The number of aryl methyl sites for hydroxylation is 1. The van der Waals surface area contributed by atoms with Gasteiger partial charge in [-0.05, 0) is 62.8 Å². The van der Waals surface area contributed by atoms with Crippen LogP contribution in [-0.4, -0.2) is 35.7 Å². The zero-order valence-corrected chi connectivity index (χ0v) is 25.7. The first-order valence-electron chi connectivity index (χ1n) is 15.5. The molecule has 5 rings (SSSR count). The van der Waals surface area contributed by atoms with Gasteiger partial charge in [-0.3, -0.25) is 23.2 Å². The fraction of sp³-hybridized carbons (Fsp3) is 0.500. The normalized spacial score (nSPS) is 15.0. The van der Waals surface area contributed by atoms with Gasteiger partial charge < -0.3 is 9.47 Å². The molecule has 0 bridgehead atoms. The Kier molecular flexibility index (Phi) is 9.54. The van der Waals surface area contributed by atoms with Crippen LogP contribution in [0.25, 0.3) is 22.3 Å². The fourth-order valence-corrected chi connectivity index (χ4v) is 6.03. The lowest BCUT2D eigenvalue weighted by Gasteiger charge is -2.25. The van der Waals surface area contributed by atoms with E-state index < -0.39 is 35.4 Å². The van der Waals surface area contributed by atoms with Crippen LogP contribution in [0.5, 0.6) is 0 Å². The van der Waals surface area contributed by atoms with Crippen molar-refractivity contribution in [2.45, 2.75) is 104 Å². The molecule has 45 heavy (non-hydrogen) atoms. The smallest absolute Gasteiger partial charge is 0.431 e. The third-order valence-corrected chi connectivity index (χ3v) is 8.19. The van der Waals surface area contributed by atoms with Crippen LogP contribution in [0.2, 0.25) is 0 Å². The number of carbonyl (C=O) groups excluding carboxylic acids is 1. The van der Waals surface area contributed by atoms with Crippen molar-refractivity contribution in [2.24, 2.45) is 0 Å². The van der Waals surface area contributed by atoms with Crippen molar-refractivity contribution >= 4 is 17.2 Å². The third-order valence-electron chi connectivity index (χ3n) is 8.19. The van der Waals surface area contributed by atoms with Crippen LogP contribution >= 0.6 is 0 Å². The van der Waals surface area contributed by atoms with Crippen molar-refractivity contribution in [3.8, 4) is 11.3 Å². The topological polar surface area (TPSA) is 102 Å². The van der Waals surface area contributed by atoms with Crippen LogP contribution < -0.4 is 11.2 Å². The maximum Gasteiger partial charge on any atom is 0.510 e. The Hall–Kier alpha value is -4.29. The summed E-state index contributed by atoms with van der Waals surface area (Å²) >= 11 is 0. The Bertz CT molecular complexity index is 1780. The molecule has 1 aliphatic carbocycles. The van der Waals surface area contributed by atoms with Gasteiger partial charge in [-0.2, -0.15) is 18.3 Å².